The molecule has 0 saturated carbocycles. The molecule has 2 heterocycles. The second-order valence-electron chi connectivity index (χ2n) is 4.85. The van der Waals surface area contributed by atoms with Crippen molar-refractivity contribution in [1.29, 1.82) is 0 Å². The van der Waals surface area contributed by atoms with Crippen molar-refractivity contribution in [3.8, 4) is 0 Å². The highest BCUT2D eigenvalue weighted by atomic mass is 35.5. The topological polar surface area (TPSA) is 42.4 Å². The molecule has 1 aromatic rings. The Morgan fingerprint density at radius 3 is 3.00 bits per heavy atom. The maximum atomic E-state index is 12.4. The summed E-state index contributed by atoms with van der Waals surface area (Å²) < 4.78 is 5.32. The molecule has 0 bridgehead atoms. The highest BCUT2D eigenvalue weighted by Gasteiger charge is 2.25. The Kier molecular flexibility index (Phi) is 4.77. The predicted octanol–water partition coefficient (Wildman–Crippen LogP) is 2.55. The summed E-state index contributed by atoms with van der Waals surface area (Å²) >= 11 is 5.99. The Balaban J connectivity index is 2.17. The number of carbonyl (C=O) groups is 1. The molecule has 0 aliphatic carbocycles. The van der Waals surface area contributed by atoms with Gasteiger partial charge in [-0.15, -0.1) is 0 Å². The number of carbonyl (C=O) groups excluding carboxylic acids is 1. The van der Waals surface area contributed by atoms with Crippen molar-refractivity contribution in [2.45, 2.75) is 32.2 Å². The highest BCUT2D eigenvalue weighted by molar-refractivity contribution is 6.29. The smallest absolute Gasteiger partial charge is 0.254 e. The van der Waals surface area contributed by atoms with Gasteiger partial charge in [-0.2, -0.15) is 0 Å². The van der Waals surface area contributed by atoms with Gasteiger partial charge in [0.15, 0.2) is 0 Å². The standard InChI is InChI=1S/C14H19ClN2O2/c1-3-4-11-7-10(8-13(15)16-11)14(18)17(2)12-5-6-19-9-12/h7-8,12H,3-6,9H2,1-2H3. The van der Waals surface area contributed by atoms with Crippen LogP contribution in [-0.4, -0.2) is 42.1 Å². The Bertz CT molecular complexity index is 459. The minimum Gasteiger partial charge on any atom is -0.379 e. The summed E-state index contributed by atoms with van der Waals surface area (Å²) in [6, 6.07) is 3.63. The molecule has 1 aliphatic rings. The van der Waals surface area contributed by atoms with Crippen molar-refractivity contribution in [2.24, 2.45) is 0 Å². The minimum absolute atomic E-state index is 0.0165. The van der Waals surface area contributed by atoms with Gasteiger partial charge in [0.05, 0.1) is 12.6 Å². The molecule has 0 aromatic carbocycles. The van der Waals surface area contributed by atoms with E-state index in [0.29, 0.717) is 17.3 Å². The molecular formula is C14H19ClN2O2. The lowest BCUT2D eigenvalue weighted by molar-refractivity contribution is 0.0711. The lowest BCUT2D eigenvalue weighted by Crippen LogP contribution is -2.37. The van der Waals surface area contributed by atoms with Crippen LogP contribution < -0.4 is 0 Å². The lowest BCUT2D eigenvalue weighted by atomic mass is 10.1. The SMILES string of the molecule is CCCc1cc(C(=O)N(C)C2CCOC2)cc(Cl)n1. The monoisotopic (exact) mass is 282 g/mol. The summed E-state index contributed by atoms with van der Waals surface area (Å²) in [6.45, 7) is 3.41. The van der Waals surface area contributed by atoms with E-state index in [2.05, 4.69) is 11.9 Å². The van der Waals surface area contributed by atoms with Crippen LogP contribution in [0.4, 0.5) is 0 Å². The molecule has 2 rings (SSSR count). The number of hydrogen-bond acceptors (Lipinski definition) is 3. The minimum atomic E-state index is -0.0165. The fourth-order valence-corrected chi connectivity index (χ4v) is 2.48. The lowest BCUT2D eigenvalue weighted by Gasteiger charge is -2.23. The molecule has 1 amide bonds. The van der Waals surface area contributed by atoms with Crippen molar-refractivity contribution in [3.05, 3.63) is 28.5 Å². The van der Waals surface area contributed by atoms with Gasteiger partial charge >= 0.3 is 0 Å². The third-order valence-corrected chi connectivity index (χ3v) is 3.57. The zero-order chi connectivity index (χ0) is 13.8. The molecular weight excluding hydrogens is 264 g/mol. The third-order valence-electron chi connectivity index (χ3n) is 3.37. The summed E-state index contributed by atoms with van der Waals surface area (Å²) in [5.41, 5.74) is 1.48. The van der Waals surface area contributed by atoms with Gasteiger partial charge in [-0.1, -0.05) is 24.9 Å². The Morgan fingerprint density at radius 2 is 2.37 bits per heavy atom. The first-order chi connectivity index (χ1) is 9.11. The number of hydrogen-bond donors (Lipinski definition) is 0. The van der Waals surface area contributed by atoms with Gasteiger partial charge in [0.25, 0.3) is 5.91 Å². The zero-order valence-electron chi connectivity index (χ0n) is 11.4. The van der Waals surface area contributed by atoms with Crippen molar-refractivity contribution in [3.63, 3.8) is 0 Å². The number of ether oxygens (including phenoxy) is 1. The Labute approximate surface area is 118 Å². The van der Waals surface area contributed by atoms with Crippen LogP contribution in [0.25, 0.3) is 0 Å². The molecule has 1 aromatic heterocycles. The Morgan fingerprint density at radius 1 is 1.58 bits per heavy atom. The number of halogens is 1. The van der Waals surface area contributed by atoms with E-state index in [1.807, 2.05) is 13.1 Å². The molecule has 0 N–H and O–H groups in total. The normalized spacial score (nSPS) is 18.6. The van der Waals surface area contributed by atoms with E-state index in [0.717, 1.165) is 31.6 Å². The van der Waals surface area contributed by atoms with Crippen LogP contribution in [0.3, 0.4) is 0 Å². The van der Waals surface area contributed by atoms with Crippen molar-refractivity contribution < 1.29 is 9.53 Å². The molecule has 4 nitrogen and oxygen atoms in total. The van der Waals surface area contributed by atoms with Crippen LogP contribution in [-0.2, 0) is 11.2 Å². The second-order valence-corrected chi connectivity index (χ2v) is 5.24. The predicted molar refractivity (Wildman–Crippen MR) is 74.6 cm³/mol. The number of pyridine rings is 1. The van der Waals surface area contributed by atoms with E-state index in [4.69, 9.17) is 16.3 Å². The molecule has 19 heavy (non-hydrogen) atoms. The van der Waals surface area contributed by atoms with Crippen LogP contribution in [0.1, 0.15) is 35.8 Å². The summed E-state index contributed by atoms with van der Waals surface area (Å²) in [4.78, 5) is 18.4. The first-order valence-electron chi connectivity index (χ1n) is 6.63. The van der Waals surface area contributed by atoms with Crippen molar-refractivity contribution in [1.82, 2.24) is 9.88 Å². The molecule has 5 heteroatoms. The molecule has 1 fully saturated rings. The van der Waals surface area contributed by atoms with Crippen LogP contribution in [0.2, 0.25) is 5.15 Å². The first kappa shape index (κ1) is 14.3. The maximum absolute atomic E-state index is 12.4. The average molecular weight is 283 g/mol. The quantitative estimate of drug-likeness (QED) is 0.797. The highest BCUT2D eigenvalue weighted by Crippen LogP contribution is 2.17. The fraction of sp³-hybridized carbons (Fsp3) is 0.571. The van der Waals surface area contributed by atoms with E-state index in [1.165, 1.54) is 0 Å². The molecule has 1 atom stereocenters. The summed E-state index contributed by atoms with van der Waals surface area (Å²) in [5.74, 6) is -0.0165. The number of aromatic nitrogens is 1. The number of likely N-dealkylation sites (N-methyl/N-ethyl adjacent to an activating group) is 1. The number of nitrogens with zero attached hydrogens (tertiary/aromatic N) is 2. The maximum Gasteiger partial charge on any atom is 0.254 e. The van der Waals surface area contributed by atoms with Gasteiger partial charge < -0.3 is 9.64 Å². The van der Waals surface area contributed by atoms with E-state index < -0.39 is 0 Å². The van der Waals surface area contributed by atoms with Crippen LogP contribution in [0.15, 0.2) is 12.1 Å². The molecule has 0 spiro atoms. The van der Waals surface area contributed by atoms with Crippen molar-refractivity contribution >= 4 is 17.5 Å². The van der Waals surface area contributed by atoms with Crippen LogP contribution in [0.5, 0.6) is 0 Å². The average Bonchev–Trinajstić information content (AvgIpc) is 2.90. The van der Waals surface area contributed by atoms with Gasteiger partial charge in [-0.25, -0.2) is 4.98 Å². The van der Waals surface area contributed by atoms with Crippen LogP contribution >= 0.6 is 11.6 Å². The van der Waals surface area contributed by atoms with E-state index in [1.54, 1.807) is 11.0 Å². The Hall–Kier alpha value is -1.13. The van der Waals surface area contributed by atoms with Gasteiger partial charge in [0, 0.05) is 24.9 Å². The number of amides is 1. The molecule has 1 saturated heterocycles. The van der Waals surface area contributed by atoms with Gasteiger partial charge in [-0.05, 0) is 25.0 Å². The molecule has 1 unspecified atom stereocenters. The van der Waals surface area contributed by atoms with E-state index in [9.17, 15) is 4.79 Å². The van der Waals surface area contributed by atoms with E-state index >= 15 is 0 Å². The van der Waals surface area contributed by atoms with Gasteiger partial charge in [0.2, 0.25) is 0 Å². The van der Waals surface area contributed by atoms with Crippen molar-refractivity contribution in [2.75, 3.05) is 20.3 Å². The fourth-order valence-electron chi connectivity index (χ4n) is 2.26. The third kappa shape index (κ3) is 3.45. The first-order valence-corrected chi connectivity index (χ1v) is 7.01. The summed E-state index contributed by atoms with van der Waals surface area (Å²) in [6.07, 6.45) is 2.70. The summed E-state index contributed by atoms with van der Waals surface area (Å²) in [5, 5.41) is 0.380. The second kappa shape index (κ2) is 6.35. The van der Waals surface area contributed by atoms with Gasteiger partial charge in [0.1, 0.15) is 5.15 Å². The van der Waals surface area contributed by atoms with Gasteiger partial charge in [-0.3, -0.25) is 4.79 Å². The molecule has 0 radical (unpaired) electrons. The summed E-state index contributed by atoms with van der Waals surface area (Å²) in [7, 11) is 1.81. The molecule has 1 aliphatic heterocycles. The largest absolute Gasteiger partial charge is 0.379 e. The number of rotatable bonds is 4. The zero-order valence-corrected chi connectivity index (χ0v) is 12.1. The molecule has 104 valence electrons. The number of aryl methyl sites for hydroxylation is 1. The van der Waals surface area contributed by atoms with Crippen LogP contribution in [0, 0.1) is 0 Å². The van der Waals surface area contributed by atoms with E-state index in [-0.39, 0.29) is 11.9 Å².